The van der Waals surface area contributed by atoms with Crippen LogP contribution in [0.2, 0.25) is 0 Å². The summed E-state index contributed by atoms with van der Waals surface area (Å²) in [6.45, 7) is -4.41. The Kier molecular flexibility index (Phi) is 7.27. The van der Waals surface area contributed by atoms with Gasteiger partial charge in [-0.2, -0.15) is 8.42 Å². The van der Waals surface area contributed by atoms with Gasteiger partial charge in [0.1, 0.15) is 5.75 Å². The van der Waals surface area contributed by atoms with Crippen molar-refractivity contribution in [2.75, 3.05) is 0 Å². The molecule has 104 valence electrons. The molecule has 0 fully saturated rings. The summed E-state index contributed by atoms with van der Waals surface area (Å²) in [7, 11) is -5.41. The van der Waals surface area contributed by atoms with Crippen molar-refractivity contribution in [1.82, 2.24) is 0 Å². The SMILES string of the molecule is C#CCc1cc(OS(=O)(=O)F)c(C)c([B-](F)(F)F)c1.[K+]. The van der Waals surface area contributed by atoms with E-state index in [9.17, 15) is 25.3 Å². The molecule has 0 heterocycles. The second-order valence-corrected chi connectivity index (χ2v) is 4.69. The van der Waals surface area contributed by atoms with Crippen LogP contribution < -0.4 is 61.0 Å². The first-order valence-corrected chi connectivity index (χ1v) is 6.26. The number of hydrogen-bond acceptors (Lipinski definition) is 3. The molecule has 0 aromatic heterocycles. The summed E-state index contributed by atoms with van der Waals surface area (Å²) in [5.74, 6) is 1.39. The maximum Gasteiger partial charge on any atom is 1.00 e. The van der Waals surface area contributed by atoms with Crippen LogP contribution in [0.1, 0.15) is 11.1 Å². The fourth-order valence-corrected chi connectivity index (χ4v) is 1.91. The Morgan fingerprint density at radius 1 is 1.35 bits per heavy atom. The first-order valence-electron chi connectivity index (χ1n) is 4.95. The summed E-state index contributed by atoms with van der Waals surface area (Å²) >= 11 is 0. The van der Waals surface area contributed by atoms with Gasteiger partial charge < -0.3 is 17.1 Å². The minimum Gasteiger partial charge on any atom is -0.445 e. The van der Waals surface area contributed by atoms with Gasteiger partial charge in [-0.25, -0.2) is 0 Å². The zero-order valence-electron chi connectivity index (χ0n) is 10.7. The van der Waals surface area contributed by atoms with Crippen molar-refractivity contribution in [1.29, 1.82) is 0 Å². The molecule has 0 aliphatic heterocycles. The Bertz CT molecular complexity index is 637. The van der Waals surface area contributed by atoms with Crippen LogP contribution in [-0.4, -0.2) is 15.4 Å². The zero-order chi connectivity index (χ0) is 14.8. The summed E-state index contributed by atoms with van der Waals surface area (Å²) in [5.41, 5.74) is -1.55. The summed E-state index contributed by atoms with van der Waals surface area (Å²) in [6.07, 6.45) is 4.81. The third kappa shape index (κ3) is 5.75. The smallest absolute Gasteiger partial charge is 0.445 e. The fraction of sp³-hybridized carbons (Fsp3) is 0.200. The summed E-state index contributed by atoms with van der Waals surface area (Å²) in [4.78, 5) is 0. The number of hydrogen-bond donors (Lipinski definition) is 0. The van der Waals surface area contributed by atoms with E-state index in [1.807, 2.05) is 0 Å². The molecule has 1 aromatic carbocycles. The van der Waals surface area contributed by atoms with E-state index in [2.05, 4.69) is 10.1 Å². The van der Waals surface area contributed by atoms with Gasteiger partial charge in [0.2, 0.25) is 0 Å². The topological polar surface area (TPSA) is 43.4 Å². The van der Waals surface area contributed by atoms with E-state index in [1.54, 1.807) is 0 Å². The first-order chi connectivity index (χ1) is 8.54. The third-order valence-electron chi connectivity index (χ3n) is 2.31. The minimum absolute atomic E-state index is 0. The van der Waals surface area contributed by atoms with E-state index in [4.69, 9.17) is 6.42 Å². The predicted octanol–water partition coefficient (Wildman–Crippen LogP) is -1.18. The maximum atomic E-state index is 12.8. The summed E-state index contributed by atoms with van der Waals surface area (Å²) < 4.78 is 75.5. The van der Waals surface area contributed by atoms with Crippen LogP contribution in [0.5, 0.6) is 5.75 Å². The van der Waals surface area contributed by atoms with Gasteiger partial charge in [0, 0.05) is 6.42 Å². The van der Waals surface area contributed by atoms with Crippen LogP contribution in [0.4, 0.5) is 16.8 Å². The van der Waals surface area contributed by atoms with E-state index < -0.39 is 34.3 Å². The van der Waals surface area contributed by atoms with Gasteiger partial charge in [0.25, 0.3) is 0 Å². The van der Waals surface area contributed by atoms with Gasteiger partial charge in [-0.1, -0.05) is 9.95 Å². The molecule has 0 bridgehead atoms. The molecule has 10 heteroatoms. The normalized spacial score (nSPS) is 11.4. The quantitative estimate of drug-likeness (QED) is 0.301. The van der Waals surface area contributed by atoms with E-state index in [0.717, 1.165) is 19.1 Å². The minimum atomic E-state index is -5.41. The Balaban J connectivity index is 0.00000361. The van der Waals surface area contributed by atoms with E-state index in [1.165, 1.54) is 0 Å². The van der Waals surface area contributed by atoms with Crippen LogP contribution in [0.15, 0.2) is 12.1 Å². The molecule has 0 radical (unpaired) electrons. The molecule has 20 heavy (non-hydrogen) atoms. The molecular weight excluding hydrogens is 326 g/mol. The van der Waals surface area contributed by atoms with E-state index >= 15 is 0 Å². The Labute approximate surface area is 157 Å². The van der Waals surface area contributed by atoms with Crippen LogP contribution in [0.25, 0.3) is 0 Å². The number of benzene rings is 1. The van der Waals surface area contributed by atoms with Crippen LogP contribution in [0.3, 0.4) is 0 Å². The van der Waals surface area contributed by atoms with E-state index in [-0.39, 0.29) is 63.4 Å². The van der Waals surface area contributed by atoms with E-state index in [0.29, 0.717) is 0 Å². The van der Waals surface area contributed by atoms with Gasteiger partial charge in [0.05, 0.1) is 0 Å². The number of rotatable bonds is 4. The van der Waals surface area contributed by atoms with Crippen molar-refractivity contribution in [3.63, 3.8) is 0 Å². The Morgan fingerprint density at radius 2 is 1.90 bits per heavy atom. The second-order valence-electron chi connectivity index (χ2n) is 3.74. The molecule has 1 aromatic rings. The van der Waals surface area contributed by atoms with Gasteiger partial charge in [-0.15, -0.1) is 17.8 Å². The average molecular weight is 334 g/mol. The standard InChI is InChI=1S/C10H8BF4O3S.K/c1-3-4-8-5-9(11(12,13)14)7(2)10(6-8)18-19(15,16)17;/h1,5-6H,4H2,2H3;/q-1;+1. The van der Waals surface area contributed by atoms with Crippen molar-refractivity contribution in [2.45, 2.75) is 13.3 Å². The molecule has 0 atom stereocenters. The average Bonchev–Trinajstić information content (AvgIpc) is 2.19. The number of terminal acetylenes is 1. The van der Waals surface area contributed by atoms with Gasteiger partial charge in [-0.05, 0) is 24.1 Å². The van der Waals surface area contributed by atoms with Gasteiger partial charge in [0.15, 0.2) is 0 Å². The van der Waals surface area contributed by atoms with Crippen molar-refractivity contribution < 1.29 is 80.8 Å². The molecule has 0 aliphatic carbocycles. The Morgan fingerprint density at radius 3 is 2.30 bits per heavy atom. The van der Waals surface area contributed by atoms with Crippen LogP contribution >= 0.6 is 0 Å². The van der Waals surface area contributed by atoms with Crippen molar-refractivity contribution >= 4 is 22.9 Å². The van der Waals surface area contributed by atoms with Gasteiger partial charge in [-0.3, -0.25) is 0 Å². The molecule has 1 rings (SSSR count). The maximum absolute atomic E-state index is 12.8. The first kappa shape index (κ1) is 20.0. The van der Waals surface area contributed by atoms with Crippen LogP contribution in [0, 0.1) is 19.3 Å². The Hall–Kier alpha value is -0.0487. The molecule has 0 aliphatic rings. The third-order valence-corrected chi connectivity index (χ3v) is 2.69. The monoisotopic (exact) mass is 334 g/mol. The molecule has 0 N–H and O–H groups in total. The summed E-state index contributed by atoms with van der Waals surface area (Å²) in [5, 5.41) is 0. The molecule has 0 spiro atoms. The molecule has 0 amide bonds. The van der Waals surface area contributed by atoms with Crippen molar-refractivity contribution in [3.05, 3.63) is 23.3 Å². The molecule has 3 nitrogen and oxygen atoms in total. The van der Waals surface area contributed by atoms with Crippen molar-refractivity contribution in [3.8, 4) is 18.1 Å². The van der Waals surface area contributed by atoms with Gasteiger partial charge >= 0.3 is 68.9 Å². The van der Waals surface area contributed by atoms with Crippen LogP contribution in [-0.2, 0) is 16.9 Å². The fourth-order valence-electron chi connectivity index (χ4n) is 1.52. The number of halogens is 4. The molecule has 0 unspecified atom stereocenters. The molecule has 0 saturated carbocycles. The zero-order valence-corrected chi connectivity index (χ0v) is 14.6. The van der Waals surface area contributed by atoms with Crippen molar-refractivity contribution in [2.24, 2.45) is 0 Å². The second kappa shape index (κ2) is 7.29. The summed E-state index contributed by atoms with van der Waals surface area (Å²) in [6, 6.07) is 1.77. The predicted molar refractivity (Wildman–Crippen MR) is 63.1 cm³/mol. The molecule has 0 saturated heterocycles. The molecular formula is C10H8BF4KO3S. The largest absolute Gasteiger partial charge is 1.00 e.